The number of benzene rings is 1. The van der Waals surface area contributed by atoms with E-state index in [9.17, 15) is 8.42 Å². The summed E-state index contributed by atoms with van der Waals surface area (Å²) in [6, 6.07) is 8.46. The van der Waals surface area contributed by atoms with Crippen molar-refractivity contribution in [3.63, 3.8) is 0 Å². The molecule has 0 bridgehead atoms. The molecular weight excluding hydrogens is 264 g/mol. The lowest BCUT2D eigenvalue weighted by Gasteiger charge is -2.06. The van der Waals surface area contributed by atoms with Gasteiger partial charge in [-0.1, -0.05) is 12.1 Å². The van der Waals surface area contributed by atoms with Crippen LogP contribution in [0, 0.1) is 0 Å². The maximum Gasteiger partial charge on any atom is 0.161 e. The minimum absolute atomic E-state index is 0.172. The quantitative estimate of drug-likeness (QED) is 0.805. The predicted octanol–water partition coefficient (Wildman–Crippen LogP) is 0.853. The Kier molecular flexibility index (Phi) is 3.39. The van der Waals surface area contributed by atoms with Gasteiger partial charge in [-0.2, -0.15) is 0 Å². The van der Waals surface area contributed by atoms with Gasteiger partial charge >= 0.3 is 0 Å². The Morgan fingerprint density at radius 3 is 2.53 bits per heavy atom. The van der Waals surface area contributed by atoms with Gasteiger partial charge in [0.05, 0.1) is 11.4 Å². The molecule has 0 saturated heterocycles. The lowest BCUT2D eigenvalue weighted by molar-refractivity contribution is 0.600. The number of anilines is 2. The van der Waals surface area contributed by atoms with Crippen LogP contribution in [0.3, 0.4) is 0 Å². The summed E-state index contributed by atoms with van der Waals surface area (Å²) in [7, 11) is -3.17. The molecule has 0 fully saturated rings. The van der Waals surface area contributed by atoms with Crippen molar-refractivity contribution in [3.05, 3.63) is 36.0 Å². The van der Waals surface area contributed by atoms with E-state index in [2.05, 4.69) is 9.97 Å². The zero-order valence-electron chi connectivity index (χ0n) is 10.4. The van der Waals surface area contributed by atoms with Crippen LogP contribution in [-0.2, 0) is 15.6 Å². The highest BCUT2D eigenvalue weighted by Crippen LogP contribution is 2.19. The number of nitrogens with zero attached hydrogens (tertiary/aromatic N) is 2. The minimum atomic E-state index is -3.17. The number of hydrogen-bond acceptors (Lipinski definition) is 6. The highest BCUT2D eigenvalue weighted by molar-refractivity contribution is 7.89. The van der Waals surface area contributed by atoms with Crippen molar-refractivity contribution < 1.29 is 8.42 Å². The average molecular weight is 278 g/mol. The molecule has 2 aromatic rings. The molecule has 0 atom stereocenters. The SMILES string of the molecule is CS(=O)(=O)Cc1cc(N)nc(-c2cccc(N)c2)n1. The van der Waals surface area contributed by atoms with Crippen LogP contribution < -0.4 is 11.5 Å². The van der Waals surface area contributed by atoms with Gasteiger partial charge in [0, 0.05) is 23.6 Å². The molecule has 0 aliphatic heterocycles. The molecule has 0 saturated carbocycles. The van der Waals surface area contributed by atoms with Crippen molar-refractivity contribution in [1.29, 1.82) is 0 Å². The zero-order chi connectivity index (χ0) is 14.0. The fourth-order valence-electron chi connectivity index (χ4n) is 1.67. The molecule has 0 radical (unpaired) electrons. The second-order valence-electron chi connectivity index (χ2n) is 4.30. The summed E-state index contributed by atoms with van der Waals surface area (Å²) < 4.78 is 22.6. The Morgan fingerprint density at radius 2 is 1.89 bits per heavy atom. The third-order valence-corrected chi connectivity index (χ3v) is 3.17. The van der Waals surface area contributed by atoms with Crippen molar-refractivity contribution in [1.82, 2.24) is 9.97 Å². The molecule has 100 valence electrons. The second kappa shape index (κ2) is 4.85. The van der Waals surface area contributed by atoms with Gasteiger partial charge in [0.25, 0.3) is 0 Å². The van der Waals surface area contributed by atoms with Gasteiger partial charge in [-0.15, -0.1) is 0 Å². The number of aromatic nitrogens is 2. The topological polar surface area (TPSA) is 112 Å². The first-order chi connectivity index (χ1) is 8.83. The Hall–Kier alpha value is -2.15. The fourth-order valence-corrected chi connectivity index (χ4v) is 2.35. The van der Waals surface area contributed by atoms with Gasteiger partial charge in [-0.3, -0.25) is 0 Å². The maximum atomic E-state index is 11.3. The number of rotatable bonds is 3. The number of nitrogens with two attached hydrogens (primary N) is 2. The van der Waals surface area contributed by atoms with Crippen LogP contribution >= 0.6 is 0 Å². The number of hydrogen-bond donors (Lipinski definition) is 2. The monoisotopic (exact) mass is 278 g/mol. The molecule has 2 rings (SSSR count). The molecule has 0 amide bonds. The Morgan fingerprint density at radius 1 is 1.16 bits per heavy atom. The van der Waals surface area contributed by atoms with Crippen molar-refractivity contribution in [2.45, 2.75) is 5.75 Å². The van der Waals surface area contributed by atoms with Crippen LogP contribution in [0.15, 0.2) is 30.3 Å². The standard InChI is InChI=1S/C12H14N4O2S/c1-19(17,18)7-10-6-11(14)16-12(15-10)8-3-2-4-9(13)5-8/h2-6H,7,13H2,1H3,(H2,14,15,16). The molecule has 6 nitrogen and oxygen atoms in total. The average Bonchev–Trinajstić information content (AvgIpc) is 2.25. The third-order valence-electron chi connectivity index (χ3n) is 2.35. The van der Waals surface area contributed by atoms with Gasteiger partial charge in [0.2, 0.25) is 0 Å². The van der Waals surface area contributed by atoms with E-state index in [0.717, 1.165) is 6.26 Å². The highest BCUT2D eigenvalue weighted by atomic mass is 32.2. The molecule has 0 aliphatic rings. The van der Waals surface area contributed by atoms with Crippen LogP contribution in [0.1, 0.15) is 5.69 Å². The molecule has 1 heterocycles. The van der Waals surface area contributed by atoms with Crippen LogP contribution in [0.4, 0.5) is 11.5 Å². The molecule has 0 spiro atoms. The van der Waals surface area contributed by atoms with E-state index in [1.165, 1.54) is 6.07 Å². The van der Waals surface area contributed by atoms with E-state index in [-0.39, 0.29) is 11.6 Å². The third kappa shape index (κ3) is 3.65. The number of sulfone groups is 1. The Bertz CT molecular complexity index is 713. The summed E-state index contributed by atoms with van der Waals surface area (Å²) in [4.78, 5) is 8.30. The molecule has 7 heteroatoms. The summed E-state index contributed by atoms with van der Waals surface area (Å²) in [6.45, 7) is 0. The first-order valence-electron chi connectivity index (χ1n) is 5.50. The summed E-state index contributed by atoms with van der Waals surface area (Å²) in [5.41, 5.74) is 13.0. The largest absolute Gasteiger partial charge is 0.399 e. The predicted molar refractivity (Wildman–Crippen MR) is 74.8 cm³/mol. The van der Waals surface area contributed by atoms with Gasteiger partial charge in [-0.25, -0.2) is 18.4 Å². The Balaban J connectivity index is 2.47. The van der Waals surface area contributed by atoms with E-state index in [1.807, 2.05) is 0 Å². The van der Waals surface area contributed by atoms with Crippen LogP contribution in [0.5, 0.6) is 0 Å². The zero-order valence-corrected chi connectivity index (χ0v) is 11.2. The molecule has 4 N–H and O–H groups in total. The van der Waals surface area contributed by atoms with Gasteiger partial charge in [0.15, 0.2) is 15.7 Å². The molecule has 1 aromatic carbocycles. The first-order valence-corrected chi connectivity index (χ1v) is 7.56. The van der Waals surface area contributed by atoms with E-state index in [0.29, 0.717) is 22.8 Å². The summed E-state index contributed by atoms with van der Waals surface area (Å²) in [6.07, 6.45) is 1.14. The van der Waals surface area contributed by atoms with E-state index in [4.69, 9.17) is 11.5 Å². The lowest BCUT2D eigenvalue weighted by atomic mass is 10.2. The summed E-state index contributed by atoms with van der Waals surface area (Å²) >= 11 is 0. The molecule has 1 aromatic heterocycles. The van der Waals surface area contributed by atoms with Crippen molar-refractivity contribution in [2.75, 3.05) is 17.7 Å². The fraction of sp³-hybridized carbons (Fsp3) is 0.167. The molecule has 0 aliphatic carbocycles. The highest BCUT2D eigenvalue weighted by Gasteiger charge is 2.10. The van der Waals surface area contributed by atoms with Crippen LogP contribution in [0.2, 0.25) is 0 Å². The van der Waals surface area contributed by atoms with Crippen molar-refractivity contribution in [3.8, 4) is 11.4 Å². The number of nitrogen functional groups attached to an aromatic ring is 2. The Labute approximate surface area is 111 Å². The van der Waals surface area contributed by atoms with Crippen molar-refractivity contribution in [2.24, 2.45) is 0 Å². The lowest BCUT2D eigenvalue weighted by Crippen LogP contribution is -2.06. The smallest absolute Gasteiger partial charge is 0.161 e. The molecule has 0 unspecified atom stereocenters. The van der Waals surface area contributed by atoms with E-state index >= 15 is 0 Å². The maximum absolute atomic E-state index is 11.3. The summed E-state index contributed by atoms with van der Waals surface area (Å²) in [5.74, 6) is 0.423. The second-order valence-corrected chi connectivity index (χ2v) is 6.44. The van der Waals surface area contributed by atoms with Gasteiger partial charge < -0.3 is 11.5 Å². The minimum Gasteiger partial charge on any atom is -0.399 e. The van der Waals surface area contributed by atoms with E-state index < -0.39 is 9.84 Å². The summed E-state index contributed by atoms with van der Waals surface area (Å²) in [5, 5.41) is 0. The van der Waals surface area contributed by atoms with Crippen molar-refractivity contribution >= 4 is 21.3 Å². The first kappa shape index (κ1) is 13.3. The molecular formula is C12H14N4O2S. The van der Waals surface area contributed by atoms with Gasteiger partial charge in [-0.05, 0) is 12.1 Å². The van der Waals surface area contributed by atoms with Crippen LogP contribution in [0.25, 0.3) is 11.4 Å². The normalized spacial score (nSPS) is 11.4. The van der Waals surface area contributed by atoms with Crippen LogP contribution in [-0.4, -0.2) is 24.6 Å². The van der Waals surface area contributed by atoms with Gasteiger partial charge in [0.1, 0.15) is 5.82 Å². The van der Waals surface area contributed by atoms with E-state index in [1.54, 1.807) is 24.3 Å². The molecule has 19 heavy (non-hydrogen) atoms.